The van der Waals surface area contributed by atoms with Gasteiger partial charge in [-0.3, -0.25) is 4.79 Å². The Labute approximate surface area is 68.9 Å². The zero-order valence-corrected chi connectivity index (χ0v) is 6.47. The fraction of sp³-hybridized carbons (Fsp3) is 0.667. The lowest BCUT2D eigenvalue weighted by molar-refractivity contribution is -0.122. The molecule has 0 unspecified atom stereocenters. The molecule has 12 heavy (non-hydrogen) atoms. The number of hydrogen-bond acceptors (Lipinski definition) is 4. The molecule has 1 saturated carbocycles. The quantitative estimate of drug-likeness (QED) is 0.623. The molecule has 0 aromatic carbocycles. The average molecular weight is 167 g/mol. The standard InChI is InChI=1S/C6H9N5O/c12-6(8-5-1-2-5)3-11-4-7-9-10-11/h4-5H,1-3H2,(H,8,12). The summed E-state index contributed by atoms with van der Waals surface area (Å²) in [6.45, 7) is 0.212. The van der Waals surface area contributed by atoms with E-state index in [1.54, 1.807) is 0 Å². The topological polar surface area (TPSA) is 72.7 Å². The van der Waals surface area contributed by atoms with Crippen LogP contribution in [0.2, 0.25) is 0 Å². The summed E-state index contributed by atoms with van der Waals surface area (Å²) in [5, 5.41) is 13.3. The van der Waals surface area contributed by atoms with E-state index in [0.29, 0.717) is 6.04 Å². The molecule has 64 valence electrons. The summed E-state index contributed by atoms with van der Waals surface area (Å²) in [7, 11) is 0. The number of aromatic nitrogens is 4. The minimum absolute atomic E-state index is 0.0233. The third-order valence-corrected chi connectivity index (χ3v) is 1.64. The number of hydrogen-bond donors (Lipinski definition) is 1. The molecule has 0 atom stereocenters. The normalized spacial score (nSPS) is 16.0. The summed E-state index contributed by atoms with van der Waals surface area (Å²) in [4.78, 5) is 11.1. The zero-order chi connectivity index (χ0) is 8.39. The van der Waals surface area contributed by atoms with Crippen molar-refractivity contribution in [2.45, 2.75) is 25.4 Å². The monoisotopic (exact) mass is 167 g/mol. The van der Waals surface area contributed by atoms with Crippen molar-refractivity contribution in [3.8, 4) is 0 Å². The minimum atomic E-state index is -0.0233. The molecule has 1 heterocycles. The van der Waals surface area contributed by atoms with Gasteiger partial charge in [-0.1, -0.05) is 0 Å². The molecule has 2 rings (SSSR count). The van der Waals surface area contributed by atoms with Crippen LogP contribution in [-0.4, -0.2) is 32.2 Å². The van der Waals surface area contributed by atoms with E-state index in [9.17, 15) is 4.79 Å². The maximum Gasteiger partial charge on any atom is 0.242 e. The smallest absolute Gasteiger partial charge is 0.242 e. The van der Waals surface area contributed by atoms with Crippen LogP contribution in [0.3, 0.4) is 0 Å². The van der Waals surface area contributed by atoms with Crippen LogP contribution in [0.5, 0.6) is 0 Å². The molecule has 1 fully saturated rings. The molecular weight excluding hydrogens is 158 g/mol. The lowest BCUT2D eigenvalue weighted by Crippen LogP contribution is -2.29. The molecule has 0 spiro atoms. The van der Waals surface area contributed by atoms with E-state index in [-0.39, 0.29) is 12.5 Å². The Morgan fingerprint density at radius 3 is 3.08 bits per heavy atom. The van der Waals surface area contributed by atoms with Crippen molar-refractivity contribution < 1.29 is 4.79 Å². The second-order valence-corrected chi connectivity index (χ2v) is 2.85. The van der Waals surface area contributed by atoms with Gasteiger partial charge in [0.1, 0.15) is 12.9 Å². The van der Waals surface area contributed by atoms with E-state index < -0.39 is 0 Å². The van der Waals surface area contributed by atoms with E-state index in [2.05, 4.69) is 20.8 Å². The molecule has 1 N–H and O–H groups in total. The average Bonchev–Trinajstić information content (AvgIpc) is 2.66. The van der Waals surface area contributed by atoms with Gasteiger partial charge in [-0.05, 0) is 23.3 Å². The van der Waals surface area contributed by atoms with Gasteiger partial charge in [0.25, 0.3) is 0 Å². The molecule has 1 aliphatic carbocycles. The highest BCUT2D eigenvalue weighted by atomic mass is 16.2. The van der Waals surface area contributed by atoms with Crippen LogP contribution in [-0.2, 0) is 11.3 Å². The van der Waals surface area contributed by atoms with E-state index in [1.165, 1.54) is 11.0 Å². The Morgan fingerprint density at radius 2 is 2.50 bits per heavy atom. The maximum atomic E-state index is 11.1. The van der Waals surface area contributed by atoms with Crippen LogP contribution in [0.25, 0.3) is 0 Å². The molecule has 1 amide bonds. The number of rotatable bonds is 3. The highest BCUT2D eigenvalue weighted by molar-refractivity contribution is 5.76. The van der Waals surface area contributed by atoms with Crippen LogP contribution >= 0.6 is 0 Å². The highest BCUT2D eigenvalue weighted by Crippen LogP contribution is 2.18. The van der Waals surface area contributed by atoms with Gasteiger partial charge < -0.3 is 5.32 Å². The van der Waals surface area contributed by atoms with Gasteiger partial charge in [0.05, 0.1) is 0 Å². The van der Waals surface area contributed by atoms with Crippen molar-refractivity contribution in [1.82, 2.24) is 25.5 Å². The molecule has 0 bridgehead atoms. The molecule has 1 aromatic rings. The summed E-state index contributed by atoms with van der Waals surface area (Å²) < 4.78 is 1.40. The Balaban J connectivity index is 1.82. The molecule has 0 radical (unpaired) electrons. The number of nitrogens with zero attached hydrogens (tertiary/aromatic N) is 4. The van der Waals surface area contributed by atoms with E-state index >= 15 is 0 Å². The summed E-state index contributed by atoms with van der Waals surface area (Å²) >= 11 is 0. The first-order valence-corrected chi connectivity index (χ1v) is 3.85. The van der Waals surface area contributed by atoms with Crippen molar-refractivity contribution >= 4 is 5.91 Å². The predicted molar refractivity (Wildman–Crippen MR) is 39.0 cm³/mol. The Morgan fingerprint density at radius 1 is 1.67 bits per heavy atom. The first-order chi connectivity index (χ1) is 5.84. The molecule has 1 aromatic heterocycles. The molecule has 6 nitrogen and oxygen atoms in total. The Hall–Kier alpha value is -1.46. The highest BCUT2D eigenvalue weighted by Gasteiger charge is 2.23. The molecule has 0 saturated heterocycles. The summed E-state index contributed by atoms with van der Waals surface area (Å²) in [6.07, 6.45) is 3.62. The van der Waals surface area contributed by atoms with Gasteiger partial charge in [-0.25, -0.2) is 4.68 Å². The van der Waals surface area contributed by atoms with Crippen LogP contribution < -0.4 is 5.32 Å². The van der Waals surface area contributed by atoms with E-state index in [4.69, 9.17) is 0 Å². The summed E-state index contributed by atoms with van der Waals surface area (Å²) in [5.74, 6) is -0.0233. The Bertz CT molecular complexity index is 265. The third-order valence-electron chi connectivity index (χ3n) is 1.64. The number of amides is 1. The number of carbonyl (C=O) groups excluding carboxylic acids is 1. The number of nitrogens with one attached hydrogen (secondary N) is 1. The number of tetrazole rings is 1. The van der Waals surface area contributed by atoms with Gasteiger partial charge in [0, 0.05) is 6.04 Å². The van der Waals surface area contributed by atoms with Gasteiger partial charge in [-0.2, -0.15) is 0 Å². The minimum Gasteiger partial charge on any atom is -0.352 e. The molecular formula is C6H9N5O. The van der Waals surface area contributed by atoms with Crippen molar-refractivity contribution in [2.24, 2.45) is 0 Å². The van der Waals surface area contributed by atoms with Gasteiger partial charge in [0.15, 0.2) is 0 Å². The fourth-order valence-electron chi connectivity index (χ4n) is 0.901. The van der Waals surface area contributed by atoms with Crippen molar-refractivity contribution in [2.75, 3.05) is 0 Å². The lowest BCUT2D eigenvalue weighted by atomic mass is 10.5. The second kappa shape index (κ2) is 2.88. The summed E-state index contributed by atoms with van der Waals surface area (Å²) in [6, 6.07) is 0.397. The maximum absolute atomic E-state index is 11.1. The van der Waals surface area contributed by atoms with Gasteiger partial charge >= 0.3 is 0 Å². The molecule has 1 aliphatic rings. The predicted octanol–water partition coefficient (Wildman–Crippen LogP) is -1.05. The first-order valence-electron chi connectivity index (χ1n) is 3.85. The van der Waals surface area contributed by atoms with E-state index in [0.717, 1.165) is 12.8 Å². The SMILES string of the molecule is O=C(Cn1cnnn1)NC1CC1. The zero-order valence-electron chi connectivity index (χ0n) is 6.47. The lowest BCUT2D eigenvalue weighted by Gasteiger charge is -2.00. The van der Waals surface area contributed by atoms with Crippen molar-refractivity contribution in [3.05, 3.63) is 6.33 Å². The molecule has 0 aliphatic heterocycles. The summed E-state index contributed by atoms with van der Waals surface area (Å²) in [5.41, 5.74) is 0. The van der Waals surface area contributed by atoms with Gasteiger partial charge in [0.2, 0.25) is 5.91 Å². The third kappa shape index (κ3) is 1.77. The second-order valence-electron chi connectivity index (χ2n) is 2.85. The van der Waals surface area contributed by atoms with Crippen LogP contribution in [0.15, 0.2) is 6.33 Å². The van der Waals surface area contributed by atoms with Crippen LogP contribution in [0.4, 0.5) is 0 Å². The van der Waals surface area contributed by atoms with E-state index in [1.807, 2.05) is 0 Å². The molecule has 6 heteroatoms. The van der Waals surface area contributed by atoms with Crippen molar-refractivity contribution in [3.63, 3.8) is 0 Å². The van der Waals surface area contributed by atoms with Crippen molar-refractivity contribution in [1.29, 1.82) is 0 Å². The fourth-order valence-corrected chi connectivity index (χ4v) is 0.901. The van der Waals surface area contributed by atoms with Crippen LogP contribution in [0.1, 0.15) is 12.8 Å². The largest absolute Gasteiger partial charge is 0.352 e. The Kier molecular flexibility index (Phi) is 1.73. The number of carbonyl (C=O) groups is 1. The first kappa shape index (κ1) is 7.20. The van der Waals surface area contributed by atoms with Crippen LogP contribution in [0, 0.1) is 0 Å². The van der Waals surface area contributed by atoms with Gasteiger partial charge in [-0.15, -0.1) is 5.10 Å².